The van der Waals surface area contributed by atoms with Crippen molar-refractivity contribution >= 4 is 23.3 Å². The highest BCUT2D eigenvalue weighted by molar-refractivity contribution is 7.11. The smallest absolute Gasteiger partial charge is 0.246 e. The van der Waals surface area contributed by atoms with Crippen LogP contribution in [0.1, 0.15) is 36.1 Å². The molecule has 19 heavy (non-hydrogen) atoms. The lowest BCUT2D eigenvalue weighted by molar-refractivity contribution is -0.128. The van der Waals surface area contributed by atoms with Crippen LogP contribution in [-0.2, 0) is 4.79 Å². The highest BCUT2D eigenvalue weighted by Crippen LogP contribution is 2.24. The van der Waals surface area contributed by atoms with Crippen molar-refractivity contribution in [2.24, 2.45) is 0 Å². The number of aliphatic hydroxyl groups is 1. The molecular weight excluding hydrogens is 258 g/mol. The molecule has 0 radical (unpaired) electrons. The zero-order chi connectivity index (χ0) is 13.7. The zero-order valence-electron chi connectivity index (χ0n) is 11.3. The van der Waals surface area contributed by atoms with E-state index in [-0.39, 0.29) is 12.5 Å². The predicted molar refractivity (Wildman–Crippen MR) is 79.1 cm³/mol. The molecule has 0 aliphatic heterocycles. The maximum atomic E-state index is 12.3. The van der Waals surface area contributed by atoms with Crippen LogP contribution >= 0.6 is 11.3 Å². The number of carbonyl (C=O) groups excluding carboxylic acids is 1. The molecule has 4 heteroatoms. The number of amides is 1. The van der Waals surface area contributed by atoms with Gasteiger partial charge in [-0.25, -0.2) is 0 Å². The molecule has 1 amide bonds. The van der Waals surface area contributed by atoms with Crippen LogP contribution in [0.25, 0.3) is 6.08 Å². The van der Waals surface area contributed by atoms with E-state index in [1.165, 1.54) is 18.4 Å². The van der Waals surface area contributed by atoms with E-state index in [2.05, 4.69) is 6.07 Å². The topological polar surface area (TPSA) is 40.5 Å². The molecular formula is C15H21NO2S. The normalized spacial score (nSPS) is 16.3. The fourth-order valence-corrected chi connectivity index (χ4v) is 3.41. The Morgan fingerprint density at radius 1 is 1.53 bits per heavy atom. The maximum Gasteiger partial charge on any atom is 0.246 e. The third-order valence-corrected chi connectivity index (χ3v) is 4.65. The molecule has 104 valence electrons. The number of carbonyl (C=O) groups is 1. The van der Waals surface area contributed by atoms with Crippen LogP contribution in [-0.4, -0.2) is 35.1 Å². The van der Waals surface area contributed by atoms with E-state index in [1.54, 1.807) is 17.4 Å². The van der Waals surface area contributed by atoms with E-state index in [9.17, 15) is 4.79 Å². The van der Waals surface area contributed by atoms with E-state index < -0.39 is 0 Å². The summed E-state index contributed by atoms with van der Waals surface area (Å²) in [5.41, 5.74) is 1.20. The first-order valence-electron chi connectivity index (χ1n) is 6.86. The van der Waals surface area contributed by atoms with E-state index in [0.717, 1.165) is 17.7 Å². The molecule has 0 unspecified atom stereocenters. The van der Waals surface area contributed by atoms with Crippen molar-refractivity contribution in [1.29, 1.82) is 0 Å². The second-order valence-electron chi connectivity index (χ2n) is 4.99. The molecule has 3 nitrogen and oxygen atoms in total. The highest BCUT2D eigenvalue weighted by Gasteiger charge is 2.24. The Hall–Kier alpha value is -1.13. The summed E-state index contributed by atoms with van der Waals surface area (Å²) in [6, 6.07) is 2.37. The molecule has 0 spiro atoms. The summed E-state index contributed by atoms with van der Waals surface area (Å²) in [6.07, 6.45) is 8.05. The summed E-state index contributed by atoms with van der Waals surface area (Å²) < 4.78 is 0. The summed E-state index contributed by atoms with van der Waals surface area (Å²) in [6.45, 7) is 2.52. The van der Waals surface area contributed by atoms with Gasteiger partial charge in [0.1, 0.15) is 0 Å². The van der Waals surface area contributed by atoms with E-state index in [1.807, 2.05) is 23.3 Å². The average molecular weight is 279 g/mol. The molecule has 1 fully saturated rings. The van der Waals surface area contributed by atoms with Crippen LogP contribution in [0.5, 0.6) is 0 Å². The summed E-state index contributed by atoms with van der Waals surface area (Å²) in [4.78, 5) is 15.2. The largest absolute Gasteiger partial charge is 0.395 e. The minimum atomic E-state index is 0.0220. The first-order valence-corrected chi connectivity index (χ1v) is 7.74. The molecule has 1 aliphatic carbocycles. The van der Waals surface area contributed by atoms with Gasteiger partial charge in [0.15, 0.2) is 0 Å². The lowest BCUT2D eigenvalue weighted by Crippen LogP contribution is -2.39. The second kappa shape index (κ2) is 6.87. The summed E-state index contributed by atoms with van der Waals surface area (Å²) in [5, 5.41) is 11.2. The van der Waals surface area contributed by atoms with Crippen LogP contribution in [0.15, 0.2) is 17.5 Å². The van der Waals surface area contributed by atoms with Crippen molar-refractivity contribution in [2.75, 3.05) is 13.2 Å². The number of nitrogens with zero attached hydrogens (tertiary/aromatic N) is 1. The number of hydrogen-bond acceptors (Lipinski definition) is 3. The van der Waals surface area contributed by atoms with Gasteiger partial charge in [-0.3, -0.25) is 4.79 Å². The maximum absolute atomic E-state index is 12.3. The second-order valence-corrected chi connectivity index (χ2v) is 5.94. The fourth-order valence-electron chi connectivity index (χ4n) is 2.59. The van der Waals surface area contributed by atoms with Gasteiger partial charge in [0.05, 0.1) is 6.61 Å². The van der Waals surface area contributed by atoms with Gasteiger partial charge in [0, 0.05) is 23.5 Å². The van der Waals surface area contributed by atoms with Crippen LogP contribution in [0.2, 0.25) is 0 Å². The number of aliphatic hydroxyl groups excluding tert-OH is 1. The van der Waals surface area contributed by atoms with Crippen LogP contribution in [0.4, 0.5) is 0 Å². The van der Waals surface area contributed by atoms with Gasteiger partial charge in [-0.1, -0.05) is 12.8 Å². The van der Waals surface area contributed by atoms with Gasteiger partial charge in [0.2, 0.25) is 5.91 Å². The minimum Gasteiger partial charge on any atom is -0.395 e. The van der Waals surface area contributed by atoms with Gasteiger partial charge in [-0.15, -0.1) is 11.3 Å². The van der Waals surface area contributed by atoms with E-state index in [4.69, 9.17) is 5.11 Å². The molecule has 1 aromatic rings. The van der Waals surface area contributed by atoms with Crippen LogP contribution < -0.4 is 0 Å². The molecule has 0 aromatic carbocycles. The molecule has 0 saturated heterocycles. The Kier molecular flexibility index (Phi) is 5.16. The Morgan fingerprint density at radius 3 is 2.84 bits per heavy atom. The van der Waals surface area contributed by atoms with Gasteiger partial charge < -0.3 is 10.0 Å². The molecule has 2 rings (SSSR count). The Balaban J connectivity index is 2.02. The third kappa shape index (κ3) is 3.67. The zero-order valence-corrected chi connectivity index (χ0v) is 12.2. The quantitative estimate of drug-likeness (QED) is 0.842. The summed E-state index contributed by atoms with van der Waals surface area (Å²) >= 11 is 1.64. The lowest BCUT2D eigenvalue weighted by Gasteiger charge is -2.27. The van der Waals surface area contributed by atoms with Gasteiger partial charge in [0.25, 0.3) is 0 Å². The van der Waals surface area contributed by atoms with E-state index >= 15 is 0 Å². The fraction of sp³-hybridized carbons (Fsp3) is 0.533. The van der Waals surface area contributed by atoms with Gasteiger partial charge in [-0.2, -0.15) is 0 Å². The van der Waals surface area contributed by atoms with Crippen LogP contribution in [0, 0.1) is 6.92 Å². The van der Waals surface area contributed by atoms with E-state index in [0.29, 0.717) is 12.6 Å². The summed E-state index contributed by atoms with van der Waals surface area (Å²) in [5.74, 6) is 0.0220. The average Bonchev–Trinajstić information content (AvgIpc) is 3.04. The summed E-state index contributed by atoms with van der Waals surface area (Å²) in [7, 11) is 0. The first-order chi connectivity index (χ1) is 9.22. The Morgan fingerprint density at radius 2 is 2.26 bits per heavy atom. The number of aryl methyl sites for hydroxylation is 1. The van der Waals surface area contributed by atoms with Crippen molar-refractivity contribution in [2.45, 2.75) is 38.6 Å². The Bertz CT molecular complexity index is 447. The molecule has 1 aliphatic rings. The SMILES string of the molecule is Cc1ccsc1/C=C/C(=O)N(CCO)C1CCCC1. The van der Waals surface area contributed by atoms with Gasteiger partial charge >= 0.3 is 0 Å². The van der Waals surface area contributed by atoms with Gasteiger partial charge in [-0.05, 0) is 42.9 Å². The van der Waals surface area contributed by atoms with Crippen molar-refractivity contribution in [1.82, 2.24) is 4.90 Å². The highest BCUT2D eigenvalue weighted by atomic mass is 32.1. The number of hydrogen-bond donors (Lipinski definition) is 1. The monoisotopic (exact) mass is 279 g/mol. The van der Waals surface area contributed by atoms with Crippen molar-refractivity contribution in [3.8, 4) is 0 Å². The molecule has 1 saturated carbocycles. The molecule has 1 heterocycles. The molecule has 0 bridgehead atoms. The van der Waals surface area contributed by atoms with Crippen LogP contribution in [0.3, 0.4) is 0 Å². The minimum absolute atomic E-state index is 0.0220. The number of thiophene rings is 1. The molecule has 1 N–H and O–H groups in total. The predicted octanol–water partition coefficient (Wildman–Crippen LogP) is 2.83. The standard InChI is InChI=1S/C15H21NO2S/c1-12-8-11-19-14(12)6-7-15(18)16(9-10-17)13-4-2-3-5-13/h6-8,11,13,17H,2-5,9-10H2,1H3/b7-6+. The molecule has 0 atom stereocenters. The lowest BCUT2D eigenvalue weighted by atomic mass is 10.2. The van der Waals surface area contributed by atoms with Crippen molar-refractivity contribution < 1.29 is 9.90 Å². The van der Waals surface area contributed by atoms with Crippen molar-refractivity contribution in [3.63, 3.8) is 0 Å². The van der Waals surface area contributed by atoms with Crippen molar-refractivity contribution in [3.05, 3.63) is 28.0 Å². The molecule has 1 aromatic heterocycles. The number of rotatable bonds is 5. The third-order valence-electron chi connectivity index (χ3n) is 3.67. The first kappa shape index (κ1) is 14.3. The Labute approximate surface area is 118 Å².